The zero-order valence-corrected chi connectivity index (χ0v) is 15.6. The third-order valence-electron chi connectivity index (χ3n) is 3.81. The van der Waals surface area contributed by atoms with Crippen molar-refractivity contribution in [1.82, 2.24) is 9.88 Å². The molecule has 1 amide bonds. The number of esters is 1. The van der Waals surface area contributed by atoms with E-state index >= 15 is 0 Å². The summed E-state index contributed by atoms with van der Waals surface area (Å²) in [5.74, 6) is 0.235. The van der Waals surface area contributed by atoms with E-state index in [0.717, 1.165) is 17.0 Å². The highest BCUT2D eigenvalue weighted by Gasteiger charge is 2.14. The molecule has 0 bridgehead atoms. The van der Waals surface area contributed by atoms with E-state index in [2.05, 4.69) is 9.72 Å². The van der Waals surface area contributed by atoms with Crippen LogP contribution in [0, 0.1) is 0 Å². The minimum absolute atomic E-state index is 0.131. The summed E-state index contributed by atoms with van der Waals surface area (Å²) in [6, 6.07) is 13.0. The molecule has 1 aromatic heterocycles. The van der Waals surface area contributed by atoms with Crippen LogP contribution in [-0.2, 0) is 20.9 Å². The largest absolute Gasteiger partial charge is 0.494 e. The first-order chi connectivity index (χ1) is 13.1. The Morgan fingerprint density at radius 1 is 1.15 bits per heavy atom. The Morgan fingerprint density at radius 2 is 1.93 bits per heavy atom. The number of rotatable bonds is 9. The normalized spacial score (nSPS) is 10.6. The van der Waals surface area contributed by atoms with Crippen molar-refractivity contribution in [3.05, 3.63) is 66.0 Å². The average molecular weight is 368 g/mol. The van der Waals surface area contributed by atoms with Crippen molar-refractivity contribution in [1.29, 1.82) is 0 Å². The molecule has 0 unspecified atom stereocenters. The minimum Gasteiger partial charge on any atom is -0.494 e. The number of methoxy groups -OCH3 is 1. The maximum atomic E-state index is 12.6. The molecule has 6 heteroatoms. The number of aromatic nitrogens is 1. The van der Waals surface area contributed by atoms with Crippen LogP contribution in [0.15, 0.2) is 54.7 Å². The maximum Gasteiger partial charge on any atom is 0.307 e. The number of hydrogen-bond donors (Lipinski definition) is 0. The minimum atomic E-state index is -0.357. The van der Waals surface area contributed by atoms with E-state index in [1.54, 1.807) is 17.2 Å². The summed E-state index contributed by atoms with van der Waals surface area (Å²) >= 11 is 0. The Morgan fingerprint density at radius 3 is 2.56 bits per heavy atom. The third-order valence-corrected chi connectivity index (χ3v) is 3.81. The number of ether oxygens (including phenoxy) is 2. The molecule has 1 heterocycles. The predicted molar refractivity (Wildman–Crippen MR) is 103 cm³/mol. The molecule has 0 N–H and O–H groups in total. The van der Waals surface area contributed by atoms with Crippen LogP contribution in [0.2, 0.25) is 0 Å². The van der Waals surface area contributed by atoms with Gasteiger partial charge in [-0.1, -0.05) is 18.2 Å². The van der Waals surface area contributed by atoms with E-state index in [1.165, 1.54) is 13.2 Å². The van der Waals surface area contributed by atoms with Gasteiger partial charge in [-0.25, -0.2) is 0 Å². The molecule has 0 saturated carbocycles. The molecule has 0 aliphatic rings. The smallest absolute Gasteiger partial charge is 0.307 e. The van der Waals surface area contributed by atoms with Crippen molar-refractivity contribution in [3.63, 3.8) is 0 Å². The molecule has 2 rings (SSSR count). The standard InChI is InChI=1S/C21H24N2O4/c1-3-27-19-10-7-17(8-11-19)9-12-20(24)23(15-13-21(25)26-2)16-18-6-4-5-14-22-18/h4-12,14H,3,13,15-16H2,1-2H3/b12-9+. The van der Waals surface area contributed by atoms with Crippen LogP contribution in [-0.4, -0.2) is 42.0 Å². The summed E-state index contributed by atoms with van der Waals surface area (Å²) < 4.78 is 10.1. The van der Waals surface area contributed by atoms with E-state index in [0.29, 0.717) is 13.2 Å². The lowest BCUT2D eigenvalue weighted by molar-refractivity contribution is -0.141. The quantitative estimate of drug-likeness (QED) is 0.503. The van der Waals surface area contributed by atoms with Gasteiger partial charge in [0.15, 0.2) is 0 Å². The Bertz CT molecular complexity index is 758. The Kier molecular flexibility index (Phi) is 8.03. The van der Waals surface area contributed by atoms with Crippen LogP contribution in [0.5, 0.6) is 5.75 Å². The van der Waals surface area contributed by atoms with Gasteiger partial charge in [0.05, 0.1) is 32.4 Å². The first kappa shape index (κ1) is 20.2. The van der Waals surface area contributed by atoms with E-state index in [-0.39, 0.29) is 24.8 Å². The number of carbonyl (C=O) groups excluding carboxylic acids is 2. The second kappa shape index (κ2) is 10.8. The molecule has 0 atom stereocenters. The maximum absolute atomic E-state index is 12.6. The second-order valence-corrected chi connectivity index (χ2v) is 5.74. The zero-order valence-electron chi connectivity index (χ0n) is 15.6. The summed E-state index contributed by atoms with van der Waals surface area (Å²) in [5, 5.41) is 0. The fraction of sp³-hybridized carbons (Fsp3) is 0.286. The van der Waals surface area contributed by atoms with Gasteiger partial charge in [-0.3, -0.25) is 14.6 Å². The van der Waals surface area contributed by atoms with E-state index < -0.39 is 0 Å². The van der Waals surface area contributed by atoms with Crippen LogP contribution in [0.25, 0.3) is 6.08 Å². The molecular weight excluding hydrogens is 344 g/mol. The zero-order chi connectivity index (χ0) is 19.5. The molecule has 0 aliphatic heterocycles. The molecule has 1 aromatic carbocycles. The third kappa shape index (κ3) is 6.93. The number of benzene rings is 1. The van der Waals surface area contributed by atoms with Crippen molar-refractivity contribution < 1.29 is 19.1 Å². The van der Waals surface area contributed by atoms with Crippen molar-refractivity contribution in [2.24, 2.45) is 0 Å². The molecule has 27 heavy (non-hydrogen) atoms. The van der Waals surface area contributed by atoms with Gasteiger partial charge in [-0.2, -0.15) is 0 Å². The molecule has 142 valence electrons. The summed E-state index contributed by atoms with van der Waals surface area (Å²) in [7, 11) is 1.33. The van der Waals surface area contributed by atoms with Crippen LogP contribution in [0.4, 0.5) is 0 Å². The number of hydrogen-bond acceptors (Lipinski definition) is 5. The summed E-state index contributed by atoms with van der Waals surface area (Å²) in [6.07, 6.45) is 5.04. The highest BCUT2D eigenvalue weighted by molar-refractivity contribution is 5.92. The molecule has 6 nitrogen and oxygen atoms in total. The van der Waals surface area contributed by atoms with E-state index in [1.807, 2.05) is 49.4 Å². The molecule has 0 fully saturated rings. The highest BCUT2D eigenvalue weighted by Crippen LogP contribution is 2.13. The van der Waals surface area contributed by atoms with Crippen molar-refractivity contribution >= 4 is 18.0 Å². The number of carbonyl (C=O) groups is 2. The summed E-state index contributed by atoms with van der Waals surface area (Å²) in [5.41, 5.74) is 1.64. The fourth-order valence-electron chi connectivity index (χ4n) is 2.40. The fourth-order valence-corrected chi connectivity index (χ4v) is 2.40. The second-order valence-electron chi connectivity index (χ2n) is 5.74. The number of pyridine rings is 1. The first-order valence-electron chi connectivity index (χ1n) is 8.79. The SMILES string of the molecule is CCOc1ccc(/C=C/C(=O)N(CCC(=O)OC)Cc2ccccn2)cc1. The summed E-state index contributed by atoms with van der Waals surface area (Å²) in [6.45, 7) is 3.12. The topological polar surface area (TPSA) is 68.7 Å². The molecule has 0 radical (unpaired) electrons. The predicted octanol–water partition coefficient (Wildman–Crippen LogP) is 3.09. The van der Waals surface area contributed by atoms with Crippen molar-refractivity contribution in [3.8, 4) is 5.75 Å². The van der Waals surface area contributed by atoms with Crippen LogP contribution in [0.1, 0.15) is 24.6 Å². The molecule has 0 spiro atoms. The van der Waals surface area contributed by atoms with Gasteiger partial charge < -0.3 is 14.4 Å². The monoisotopic (exact) mass is 368 g/mol. The van der Waals surface area contributed by atoms with Gasteiger partial charge in [0, 0.05) is 18.8 Å². The van der Waals surface area contributed by atoms with Crippen molar-refractivity contribution in [2.75, 3.05) is 20.3 Å². The van der Waals surface area contributed by atoms with Crippen molar-refractivity contribution in [2.45, 2.75) is 19.9 Å². The Balaban J connectivity index is 2.05. The highest BCUT2D eigenvalue weighted by atomic mass is 16.5. The molecule has 2 aromatic rings. The van der Waals surface area contributed by atoms with E-state index in [9.17, 15) is 9.59 Å². The van der Waals surface area contributed by atoms with Crippen LogP contribution in [0.3, 0.4) is 0 Å². The van der Waals surface area contributed by atoms with Gasteiger partial charge in [0.1, 0.15) is 5.75 Å². The van der Waals surface area contributed by atoms with E-state index in [4.69, 9.17) is 4.74 Å². The van der Waals surface area contributed by atoms with Gasteiger partial charge in [-0.05, 0) is 42.8 Å². The number of nitrogens with zero attached hydrogens (tertiary/aromatic N) is 2. The van der Waals surface area contributed by atoms with Crippen LogP contribution >= 0.6 is 0 Å². The van der Waals surface area contributed by atoms with Crippen LogP contribution < -0.4 is 4.74 Å². The Labute approximate surface area is 159 Å². The van der Waals surface area contributed by atoms with Gasteiger partial charge in [-0.15, -0.1) is 0 Å². The summed E-state index contributed by atoms with van der Waals surface area (Å²) in [4.78, 5) is 29.9. The molecular formula is C21H24N2O4. The molecule has 0 aliphatic carbocycles. The number of amides is 1. The van der Waals surface area contributed by atoms with Gasteiger partial charge >= 0.3 is 5.97 Å². The average Bonchev–Trinajstić information content (AvgIpc) is 2.71. The van der Waals surface area contributed by atoms with Gasteiger partial charge in [0.25, 0.3) is 0 Å². The first-order valence-corrected chi connectivity index (χ1v) is 8.79. The lowest BCUT2D eigenvalue weighted by atomic mass is 10.2. The van der Waals surface area contributed by atoms with Gasteiger partial charge in [0.2, 0.25) is 5.91 Å². The Hall–Kier alpha value is -3.15. The molecule has 0 saturated heterocycles. The lowest BCUT2D eigenvalue weighted by Crippen LogP contribution is -2.31. The lowest BCUT2D eigenvalue weighted by Gasteiger charge is -2.20.